The molecule has 25 heavy (non-hydrogen) atoms. The molecule has 0 fully saturated rings. The summed E-state index contributed by atoms with van der Waals surface area (Å²) < 4.78 is 0. The molecular weight excluding hydrogens is 320 g/mol. The fraction of sp³-hybridized carbons (Fsp3) is 0.500. The Hall–Kier alpha value is -2.57. The lowest BCUT2D eigenvalue weighted by atomic mass is 10.1. The number of hydrogen-bond donors (Lipinski definition) is 3. The van der Waals surface area contributed by atoms with E-state index in [1.54, 1.807) is 39.2 Å². The van der Waals surface area contributed by atoms with E-state index in [4.69, 9.17) is 0 Å². The normalized spacial score (nSPS) is 12.7. The second-order valence-corrected chi connectivity index (χ2v) is 6.26. The third-order valence-electron chi connectivity index (χ3n) is 3.85. The number of para-hydroxylation sites is 1. The highest BCUT2D eigenvalue weighted by Gasteiger charge is 2.18. The molecule has 0 radical (unpaired) electrons. The van der Waals surface area contributed by atoms with Crippen molar-refractivity contribution in [1.82, 2.24) is 15.5 Å². The Labute approximate surface area is 149 Å². The van der Waals surface area contributed by atoms with Gasteiger partial charge in [-0.15, -0.1) is 0 Å². The molecule has 0 saturated heterocycles. The maximum atomic E-state index is 12.2. The number of nitrogens with zero attached hydrogens (tertiary/aromatic N) is 1. The largest absolute Gasteiger partial charge is 0.352 e. The van der Waals surface area contributed by atoms with Gasteiger partial charge in [-0.1, -0.05) is 25.1 Å². The second-order valence-electron chi connectivity index (χ2n) is 6.26. The number of benzene rings is 1. The number of amides is 4. The zero-order valence-electron chi connectivity index (χ0n) is 15.6. The number of carbonyl (C=O) groups excluding carboxylic acids is 3. The Kier molecular flexibility index (Phi) is 7.91. The van der Waals surface area contributed by atoms with Gasteiger partial charge in [0.1, 0.15) is 6.04 Å². The summed E-state index contributed by atoms with van der Waals surface area (Å²) in [5.41, 5.74) is 1.26. The van der Waals surface area contributed by atoms with Crippen LogP contribution in [0.2, 0.25) is 0 Å². The van der Waals surface area contributed by atoms with Gasteiger partial charge in [-0.05, 0) is 31.9 Å². The summed E-state index contributed by atoms with van der Waals surface area (Å²) in [5.74, 6) is -0.295. The van der Waals surface area contributed by atoms with Crippen molar-refractivity contribution in [3.05, 3.63) is 29.8 Å². The Morgan fingerprint density at radius 1 is 1.08 bits per heavy atom. The van der Waals surface area contributed by atoms with Crippen molar-refractivity contribution in [1.29, 1.82) is 0 Å². The van der Waals surface area contributed by atoms with Crippen LogP contribution in [0.25, 0.3) is 0 Å². The van der Waals surface area contributed by atoms with Crippen molar-refractivity contribution >= 4 is 23.5 Å². The summed E-state index contributed by atoms with van der Waals surface area (Å²) in [6.45, 7) is 5.50. The van der Waals surface area contributed by atoms with Crippen LogP contribution in [0.5, 0.6) is 0 Å². The zero-order valence-corrected chi connectivity index (χ0v) is 15.6. The number of anilines is 1. The van der Waals surface area contributed by atoms with Gasteiger partial charge < -0.3 is 20.9 Å². The van der Waals surface area contributed by atoms with Gasteiger partial charge >= 0.3 is 6.03 Å². The first kappa shape index (κ1) is 20.5. The van der Waals surface area contributed by atoms with Crippen LogP contribution in [0.15, 0.2) is 24.3 Å². The minimum Gasteiger partial charge on any atom is -0.352 e. The Morgan fingerprint density at radius 2 is 1.72 bits per heavy atom. The van der Waals surface area contributed by atoms with Crippen molar-refractivity contribution in [2.45, 2.75) is 45.7 Å². The first-order valence-electron chi connectivity index (χ1n) is 8.40. The van der Waals surface area contributed by atoms with Crippen molar-refractivity contribution in [3.8, 4) is 0 Å². The van der Waals surface area contributed by atoms with E-state index >= 15 is 0 Å². The molecule has 1 aromatic carbocycles. The molecule has 7 nitrogen and oxygen atoms in total. The lowest BCUT2D eigenvalue weighted by Gasteiger charge is -2.18. The van der Waals surface area contributed by atoms with Gasteiger partial charge in [-0.3, -0.25) is 9.59 Å². The van der Waals surface area contributed by atoms with Crippen molar-refractivity contribution in [2.24, 2.45) is 0 Å². The van der Waals surface area contributed by atoms with E-state index in [0.29, 0.717) is 11.3 Å². The third kappa shape index (κ3) is 6.82. The van der Waals surface area contributed by atoms with Crippen LogP contribution in [0, 0.1) is 0 Å². The average molecular weight is 348 g/mol. The predicted octanol–water partition coefficient (Wildman–Crippen LogP) is 1.74. The summed E-state index contributed by atoms with van der Waals surface area (Å²) in [4.78, 5) is 37.5. The van der Waals surface area contributed by atoms with E-state index in [1.165, 1.54) is 4.90 Å². The Bertz CT molecular complexity index is 616. The van der Waals surface area contributed by atoms with Crippen molar-refractivity contribution in [3.63, 3.8) is 0 Å². The maximum absolute atomic E-state index is 12.2. The van der Waals surface area contributed by atoms with Gasteiger partial charge in [0, 0.05) is 25.8 Å². The van der Waals surface area contributed by atoms with Gasteiger partial charge in [-0.25, -0.2) is 4.79 Å². The average Bonchev–Trinajstić information content (AvgIpc) is 2.55. The number of carbonyl (C=O) groups is 3. The van der Waals surface area contributed by atoms with Crippen LogP contribution in [0.1, 0.15) is 32.8 Å². The van der Waals surface area contributed by atoms with Gasteiger partial charge in [0.15, 0.2) is 0 Å². The molecule has 4 amide bonds. The van der Waals surface area contributed by atoms with E-state index in [0.717, 1.165) is 6.42 Å². The lowest BCUT2D eigenvalue weighted by molar-refractivity contribution is -0.128. The molecule has 0 unspecified atom stereocenters. The van der Waals surface area contributed by atoms with Crippen LogP contribution in [-0.4, -0.2) is 48.9 Å². The van der Waals surface area contributed by atoms with Gasteiger partial charge in [0.2, 0.25) is 11.8 Å². The van der Waals surface area contributed by atoms with Gasteiger partial charge in [0.25, 0.3) is 0 Å². The molecule has 0 aliphatic heterocycles. The molecule has 138 valence electrons. The summed E-state index contributed by atoms with van der Waals surface area (Å²) in [5, 5.41) is 8.13. The SMILES string of the molecule is CC[C@@H](C)NC(=O)[C@H](C)NC(=O)Nc1ccccc1CC(=O)N(C)C. The smallest absolute Gasteiger partial charge is 0.319 e. The highest BCUT2D eigenvalue weighted by atomic mass is 16.2. The highest BCUT2D eigenvalue weighted by molar-refractivity contribution is 5.94. The Morgan fingerprint density at radius 3 is 2.32 bits per heavy atom. The standard InChI is InChI=1S/C18H28N4O3/c1-6-12(2)19-17(24)13(3)20-18(25)21-15-10-8-7-9-14(15)11-16(23)22(4)5/h7-10,12-13H,6,11H2,1-5H3,(H,19,24)(H2,20,21,25)/t12-,13+/m1/s1. The van der Waals surface area contributed by atoms with Gasteiger partial charge in [0.05, 0.1) is 6.42 Å². The zero-order chi connectivity index (χ0) is 19.0. The number of likely N-dealkylation sites (N-methyl/N-ethyl adjacent to an activating group) is 1. The maximum Gasteiger partial charge on any atom is 0.319 e. The van der Waals surface area contributed by atoms with Gasteiger partial charge in [-0.2, -0.15) is 0 Å². The van der Waals surface area contributed by atoms with Crippen LogP contribution >= 0.6 is 0 Å². The van der Waals surface area contributed by atoms with Crippen LogP contribution in [0.4, 0.5) is 10.5 Å². The molecule has 0 aliphatic carbocycles. The van der Waals surface area contributed by atoms with Crippen molar-refractivity contribution in [2.75, 3.05) is 19.4 Å². The van der Waals surface area contributed by atoms with E-state index in [-0.39, 0.29) is 24.3 Å². The quantitative estimate of drug-likeness (QED) is 0.701. The second kappa shape index (κ2) is 9.66. The monoisotopic (exact) mass is 348 g/mol. The summed E-state index contributed by atoms with van der Waals surface area (Å²) >= 11 is 0. The summed E-state index contributed by atoms with van der Waals surface area (Å²) in [7, 11) is 3.37. The molecule has 1 rings (SSSR count). The first-order valence-corrected chi connectivity index (χ1v) is 8.40. The molecular formula is C18H28N4O3. The third-order valence-corrected chi connectivity index (χ3v) is 3.85. The molecule has 0 aliphatic rings. The summed E-state index contributed by atoms with van der Waals surface area (Å²) in [6.07, 6.45) is 1.01. The lowest BCUT2D eigenvalue weighted by Crippen LogP contribution is -2.48. The van der Waals surface area contributed by atoms with E-state index in [2.05, 4.69) is 16.0 Å². The molecule has 0 saturated carbocycles. The minimum atomic E-state index is -0.662. The van der Waals surface area contributed by atoms with Crippen LogP contribution in [-0.2, 0) is 16.0 Å². The number of urea groups is 1. The highest BCUT2D eigenvalue weighted by Crippen LogP contribution is 2.16. The molecule has 3 N–H and O–H groups in total. The minimum absolute atomic E-state index is 0.0533. The Balaban J connectivity index is 2.68. The van der Waals surface area contributed by atoms with E-state index < -0.39 is 12.1 Å². The van der Waals surface area contributed by atoms with Crippen LogP contribution < -0.4 is 16.0 Å². The molecule has 0 heterocycles. The van der Waals surface area contributed by atoms with E-state index in [1.807, 2.05) is 19.9 Å². The number of nitrogens with one attached hydrogen (secondary N) is 3. The van der Waals surface area contributed by atoms with Crippen molar-refractivity contribution < 1.29 is 14.4 Å². The molecule has 0 bridgehead atoms. The molecule has 0 aromatic heterocycles. The molecule has 2 atom stereocenters. The van der Waals surface area contributed by atoms with E-state index in [9.17, 15) is 14.4 Å². The number of rotatable bonds is 7. The fourth-order valence-corrected chi connectivity index (χ4v) is 2.01. The first-order chi connectivity index (χ1) is 11.7. The summed E-state index contributed by atoms with van der Waals surface area (Å²) in [6, 6.07) is 6.00. The predicted molar refractivity (Wildman–Crippen MR) is 98.4 cm³/mol. The fourth-order valence-electron chi connectivity index (χ4n) is 2.01. The topological polar surface area (TPSA) is 90.5 Å². The molecule has 0 spiro atoms. The number of hydrogen-bond acceptors (Lipinski definition) is 3. The molecule has 1 aromatic rings. The molecule has 7 heteroatoms. The van der Waals surface area contributed by atoms with Crippen LogP contribution in [0.3, 0.4) is 0 Å².